The zero-order valence-corrected chi connectivity index (χ0v) is 12.1. The van der Waals surface area contributed by atoms with Crippen LogP contribution < -0.4 is 11.1 Å². The Kier molecular flexibility index (Phi) is 4.69. The molecule has 0 unspecified atom stereocenters. The van der Waals surface area contributed by atoms with Crippen LogP contribution >= 0.6 is 27.7 Å². The molecule has 3 N–H and O–H groups in total. The first-order valence-corrected chi connectivity index (χ1v) is 7.04. The van der Waals surface area contributed by atoms with Crippen LogP contribution in [0.3, 0.4) is 0 Å². The number of aromatic nitrogens is 3. The second kappa shape index (κ2) is 6.48. The first kappa shape index (κ1) is 13.8. The van der Waals surface area contributed by atoms with Crippen LogP contribution in [0.1, 0.15) is 0 Å². The Hall–Kier alpha value is -1.67. The van der Waals surface area contributed by atoms with Crippen LogP contribution in [-0.2, 0) is 4.79 Å². The highest BCUT2D eigenvalue weighted by molar-refractivity contribution is 9.10. The summed E-state index contributed by atoms with van der Waals surface area (Å²) in [6.07, 6.45) is 1.32. The molecule has 1 heterocycles. The smallest absolute Gasteiger partial charge is 0.234 e. The number of carbonyl (C=O) groups excluding carboxylic acids is 1. The molecule has 0 spiro atoms. The summed E-state index contributed by atoms with van der Waals surface area (Å²) in [5, 5.41) is 3.21. The maximum Gasteiger partial charge on any atom is 0.234 e. The molecule has 19 heavy (non-hydrogen) atoms. The van der Waals surface area contributed by atoms with Gasteiger partial charge in [0.15, 0.2) is 5.16 Å². The first-order chi connectivity index (χ1) is 9.15. The number of thioether (sulfide) groups is 1. The molecule has 2 rings (SSSR count). The second-order valence-electron chi connectivity index (χ2n) is 3.44. The van der Waals surface area contributed by atoms with E-state index >= 15 is 0 Å². The molecule has 8 heteroatoms. The summed E-state index contributed by atoms with van der Waals surface area (Å²) in [6, 6.07) is 7.39. The summed E-state index contributed by atoms with van der Waals surface area (Å²) in [5.74, 6) is 0.199. The number of nitrogens with one attached hydrogen (secondary N) is 1. The molecule has 0 atom stereocenters. The number of hydrogen-bond acceptors (Lipinski definition) is 6. The molecule has 0 aliphatic carbocycles. The summed E-state index contributed by atoms with van der Waals surface area (Å²) in [5.41, 5.74) is 6.15. The van der Waals surface area contributed by atoms with E-state index in [0.29, 0.717) is 5.16 Å². The number of anilines is 2. The SMILES string of the molecule is Nc1ncnc(SCC(=O)Nc2ccccc2Br)n1. The van der Waals surface area contributed by atoms with Crippen LogP contribution in [-0.4, -0.2) is 26.6 Å². The molecule has 0 saturated carbocycles. The Morgan fingerprint density at radius 3 is 2.89 bits per heavy atom. The van der Waals surface area contributed by atoms with E-state index in [1.165, 1.54) is 18.1 Å². The number of benzene rings is 1. The third-order valence-corrected chi connectivity index (χ3v) is 3.60. The van der Waals surface area contributed by atoms with Crippen LogP contribution in [0.5, 0.6) is 0 Å². The molecule has 0 aliphatic rings. The minimum Gasteiger partial charge on any atom is -0.368 e. The van der Waals surface area contributed by atoms with Crippen LogP contribution in [0, 0.1) is 0 Å². The molecule has 2 aromatic rings. The largest absolute Gasteiger partial charge is 0.368 e. The zero-order valence-electron chi connectivity index (χ0n) is 9.71. The van der Waals surface area contributed by atoms with E-state index in [4.69, 9.17) is 5.73 Å². The number of amides is 1. The van der Waals surface area contributed by atoms with Gasteiger partial charge in [0.2, 0.25) is 11.9 Å². The fourth-order valence-electron chi connectivity index (χ4n) is 1.24. The molecule has 0 bridgehead atoms. The Morgan fingerprint density at radius 2 is 2.16 bits per heavy atom. The lowest BCUT2D eigenvalue weighted by Crippen LogP contribution is -2.14. The van der Waals surface area contributed by atoms with E-state index in [2.05, 4.69) is 36.2 Å². The van der Waals surface area contributed by atoms with E-state index in [9.17, 15) is 4.79 Å². The molecule has 0 saturated heterocycles. The van der Waals surface area contributed by atoms with Crippen molar-refractivity contribution in [2.75, 3.05) is 16.8 Å². The van der Waals surface area contributed by atoms with Gasteiger partial charge in [-0.3, -0.25) is 4.79 Å². The van der Waals surface area contributed by atoms with Gasteiger partial charge in [-0.15, -0.1) is 0 Å². The summed E-state index contributed by atoms with van der Waals surface area (Å²) in [4.78, 5) is 23.3. The van der Waals surface area contributed by atoms with E-state index in [-0.39, 0.29) is 17.6 Å². The van der Waals surface area contributed by atoms with Crippen molar-refractivity contribution in [1.29, 1.82) is 0 Å². The van der Waals surface area contributed by atoms with Gasteiger partial charge in [-0.1, -0.05) is 23.9 Å². The predicted octanol–water partition coefficient (Wildman–Crippen LogP) is 1.95. The lowest BCUT2D eigenvalue weighted by molar-refractivity contribution is -0.113. The van der Waals surface area contributed by atoms with Crippen LogP contribution in [0.4, 0.5) is 11.6 Å². The number of rotatable bonds is 4. The minimum absolute atomic E-state index is 0.142. The van der Waals surface area contributed by atoms with Crippen molar-refractivity contribution >= 4 is 45.2 Å². The topological polar surface area (TPSA) is 93.8 Å². The van der Waals surface area contributed by atoms with Gasteiger partial charge in [-0.2, -0.15) is 4.98 Å². The number of nitrogens with zero attached hydrogens (tertiary/aromatic N) is 3. The van der Waals surface area contributed by atoms with E-state index in [1.807, 2.05) is 24.3 Å². The normalized spacial score (nSPS) is 10.2. The van der Waals surface area contributed by atoms with Gasteiger partial charge in [-0.05, 0) is 28.1 Å². The molecular formula is C11H10BrN5OS. The van der Waals surface area contributed by atoms with Crippen molar-refractivity contribution in [2.45, 2.75) is 5.16 Å². The quantitative estimate of drug-likeness (QED) is 0.827. The fourth-order valence-corrected chi connectivity index (χ4v) is 2.24. The number of halogens is 1. The standard InChI is InChI=1S/C11H10BrN5OS/c12-7-3-1-2-4-8(7)16-9(18)5-19-11-15-6-14-10(13)17-11/h1-4,6H,5H2,(H,16,18)(H2,13,14,15,17). The van der Waals surface area contributed by atoms with Crippen molar-refractivity contribution < 1.29 is 4.79 Å². The third kappa shape index (κ3) is 4.18. The average Bonchev–Trinajstić information content (AvgIpc) is 2.39. The predicted molar refractivity (Wildman–Crippen MR) is 77.7 cm³/mol. The minimum atomic E-state index is -0.143. The highest BCUT2D eigenvalue weighted by Crippen LogP contribution is 2.21. The van der Waals surface area contributed by atoms with E-state index in [1.54, 1.807) is 0 Å². The first-order valence-electron chi connectivity index (χ1n) is 5.27. The van der Waals surface area contributed by atoms with Crippen LogP contribution in [0.2, 0.25) is 0 Å². The monoisotopic (exact) mass is 339 g/mol. The number of nitrogens with two attached hydrogens (primary N) is 1. The van der Waals surface area contributed by atoms with Gasteiger partial charge in [0.1, 0.15) is 6.33 Å². The Morgan fingerprint density at radius 1 is 1.37 bits per heavy atom. The Balaban J connectivity index is 1.90. The lowest BCUT2D eigenvalue weighted by atomic mass is 10.3. The molecular weight excluding hydrogens is 330 g/mol. The van der Waals surface area contributed by atoms with Crippen molar-refractivity contribution in [3.8, 4) is 0 Å². The van der Waals surface area contributed by atoms with E-state index in [0.717, 1.165) is 10.2 Å². The van der Waals surface area contributed by atoms with Crippen molar-refractivity contribution in [3.05, 3.63) is 35.1 Å². The molecule has 1 amide bonds. The van der Waals surface area contributed by atoms with E-state index < -0.39 is 0 Å². The van der Waals surface area contributed by atoms with Crippen molar-refractivity contribution in [3.63, 3.8) is 0 Å². The number of nitrogen functional groups attached to an aromatic ring is 1. The zero-order chi connectivity index (χ0) is 13.7. The van der Waals surface area contributed by atoms with Crippen LogP contribution in [0.15, 0.2) is 40.2 Å². The average molecular weight is 340 g/mol. The fraction of sp³-hybridized carbons (Fsp3) is 0.0909. The lowest BCUT2D eigenvalue weighted by Gasteiger charge is -2.06. The molecule has 0 fully saturated rings. The highest BCUT2D eigenvalue weighted by Gasteiger charge is 2.07. The van der Waals surface area contributed by atoms with Gasteiger partial charge in [0.05, 0.1) is 11.4 Å². The Labute approximate surface area is 122 Å². The van der Waals surface area contributed by atoms with Gasteiger partial charge in [-0.25, -0.2) is 9.97 Å². The molecule has 0 radical (unpaired) electrons. The summed E-state index contributed by atoms with van der Waals surface area (Å²) < 4.78 is 0.831. The number of para-hydroxylation sites is 1. The number of hydrogen-bond donors (Lipinski definition) is 2. The molecule has 98 valence electrons. The van der Waals surface area contributed by atoms with Gasteiger partial charge in [0, 0.05) is 4.47 Å². The molecule has 1 aromatic carbocycles. The Bertz CT molecular complexity index is 595. The molecule has 1 aromatic heterocycles. The maximum atomic E-state index is 11.8. The van der Waals surface area contributed by atoms with Crippen LogP contribution in [0.25, 0.3) is 0 Å². The van der Waals surface area contributed by atoms with Gasteiger partial charge < -0.3 is 11.1 Å². The molecule has 6 nitrogen and oxygen atoms in total. The van der Waals surface area contributed by atoms with Crippen molar-refractivity contribution in [1.82, 2.24) is 15.0 Å². The third-order valence-electron chi connectivity index (χ3n) is 2.05. The van der Waals surface area contributed by atoms with Gasteiger partial charge >= 0.3 is 0 Å². The second-order valence-corrected chi connectivity index (χ2v) is 5.24. The summed E-state index contributed by atoms with van der Waals surface area (Å²) in [7, 11) is 0. The number of carbonyl (C=O) groups is 1. The summed E-state index contributed by atoms with van der Waals surface area (Å²) in [6.45, 7) is 0. The van der Waals surface area contributed by atoms with Crippen molar-refractivity contribution in [2.24, 2.45) is 0 Å². The molecule has 0 aliphatic heterocycles. The van der Waals surface area contributed by atoms with Gasteiger partial charge in [0.25, 0.3) is 0 Å². The summed E-state index contributed by atoms with van der Waals surface area (Å²) >= 11 is 4.56. The highest BCUT2D eigenvalue weighted by atomic mass is 79.9. The maximum absolute atomic E-state index is 11.8.